The van der Waals surface area contributed by atoms with E-state index in [9.17, 15) is 21.4 Å². The highest BCUT2D eigenvalue weighted by atomic mass is 32.3. The van der Waals surface area contributed by atoms with E-state index < -0.39 is 25.4 Å². The van der Waals surface area contributed by atoms with E-state index in [0.29, 0.717) is 17.4 Å². The first-order valence-corrected chi connectivity index (χ1v) is 13.6. The summed E-state index contributed by atoms with van der Waals surface area (Å²) in [5.74, 6) is 0. The van der Waals surface area contributed by atoms with E-state index in [2.05, 4.69) is 34.9 Å². The number of nitrogen functional groups attached to an aromatic ring is 2. The first-order valence-electron chi connectivity index (χ1n) is 10.0. The van der Waals surface area contributed by atoms with Gasteiger partial charge >= 0.3 is 10.4 Å². The Hall–Kier alpha value is -4.09. The monoisotopic (exact) mass is 596 g/mol. The summed E-state index contributed by atoms with van der Waals surface area (Å²) in [6, 6.07) is 13.8. The maximum atomic E-state index is 11.9. The highest BCUT2D eigenvalue weighted by molar-refractivity contribution is 8.04. The molecule has 206 valence electrons. The maximum Gasteiger partial charge on any atom is 0.433 e. The second-order valence-electron chi connectivity index (χ2n) is 7.20. The van der Waals surface area contributed by atoms with Crippen LogP contribution in [0.5, 0.6) is 0 Å². The van der Waals surface area contributed by atoms with E-state index >= 15 is 0 Å². The van der Waals surface area contributed by atoms with Crippen molar-refractivity contribution in [1.82, 2.24) is 0 Å². The van der Waals surface area contributed by atoms with E-state index in [1.165, 1.54) is 24.3 Å². The Balaban J connectivity index is 0.00000533. The zero-order valence-electron chi connectivity index (χ0n) is 19.7. The van der Waals surface area contributed by atoms with Crippen LogP contribution in [-0.2, 0) is 29.7 Å². The second-order valence-corrected chi connectivity index (χ2v) is 10.5. The minimum atomic E-state index is -4.85. The number of aryl methyl sites for hydroxylation is 1. The molecule has 0 aliphatic rings. The van der Waals surface area contributed by atoms with Crippen molar-refractivity contribution in [2.75, 3.05) is 11.5 Å². The maximum absolute atomic E-state index is 11.9. The van der Waals surface area contributed by atoms with E-state index in [0.717, 1.165) is 11.6 Å². The van der Waals surface area contributed by atoms with Crippen molar-refractivity contribution in [2.24, 2.45) is 20.5 Å². The summed E-state index contributed by atoms with van der Waals surface area (Å²) in [4.78, 5) is 3.55. The molecule has 0 aromatic heterocycles. The van der Waals surface area contributed by atoms with Gasteiger partial charge in [0.05, 0.1) is 17.1 Å². The zero-order valence-corrected chi connectivity index (χ0v) is 22.2. The standard InChI is InChI=1S/C21H18N6O8S3.H2O/c1-13-2-4-14(5-3-13)24-26-19-12-20(17(23)11-16(19)22)27-25-18-7-6-15(10-21(18)37(28,29)30)36-9-8-34-35-38(31,32)33;/h2-7,10-12H,22-23H2,1H3,(H,28,29,30)(H,31,32,33);1H2. The molecule has 0 heterocycles. The van der Waals surface area contributed by atoms with Crippen molar-refractivity contribution in [1.29, 1.82) is 0 Å². The normalized spacial score (nSPS) is 11.7. The van der Waals surface area contributed by atoms with E-state index in [1.807, 2.05) is 19.1 Å². The average Bonchev–Trinajstić information content (AvgIpc) is 2.83. The predicted molar refractivity (Wildman–Crippen MR) is 142 cm³/mol. The van der Waals surface area contributed by atoms with Crippen molar-refractivity contribution in [2.45, 2.75) is 16.7 Å². The molecule has 3 rings (SSSR count). The van der Waals surface area contributed by atoms with Crippen molar-refractivity contribution in [3.63, 3.8) is 0 Å². The molecule has 0 saturated heterocycles. The number of benzene rings is 3. The van der Waals surface area contributed by atoms with Crippen molar-refractivity contribution in [3.8, 4) is 11.4 Å². The fourth-order valence-electron chi connectivity index (χ4n) is 2.62. The summed E-state index contributed by atoms with van der Waals surface area (Å²) in [5, 5.41) is 18.3. The summed E-state index contributed by atoms with van der Waals surface area (Å²) in [7, 11) is -9.60. The summed E-state index contributed by atoms with van der Waals surface area (Å²) < 4.78 is 66.1. The summed E-state index contributed by atoms with van der Waals surface area (Å²) >= 11 is 0.688. The molecule has 18 heteroatoms. The van der Waals surface area contributed by atoms with Crippen LogP contribution in [0, 0.1) is 18.3 Å². The number of anilines is 2. The molecule has 3 aromatic carbocycles. The number of rotatable bonds is 8. The molecule has 0 aliphatic carbocycles. The van der Waals surface area contributed by atoms with Crippen LogP contribution in [0.25, 0.3) is 0 Å². The molecular weight excluding hydrogens is 576 g/mol. The molecule has 0 atom stereocenters. The van der Waals surface area contributed by atoms with Crippen LogP contribution < -0.4 is 11.5 Å². The summed E-state index contributed by atoms with van der Waals surface area (Å²) in [5.41, 5.74) is 14.1. The second kappa shape index (κ2) is 13.1. The number of hydrogen-bond acceptors (Lipinski definition) is 13. The molecule has 39 heavy (non-hydrogen) atoms. The number of nitrogens with zero attached hydrogens (tertiary/aromatic N) is 4. The van der Waals surface area contributed by atoms with Crippen LogP contribution in [0.3, 0.4) is 0 Å². The van der Waals surface area contributed by atoms with Crippen molar-refractivity contribution in [3.05, 3.63) is 60.2 Å². The third-order valence-electron chi connectivity index (χ3n) is 4.33. The SMILES string of the molecule is Cc1ccc(N=Nc2cc(N=Nc3ccc(SC#COOS(=O)(=O)O)cc3S(=O)(=O)O)c(N)cc2N)cc1.O. The van der Waals surface area contributed by atoms with Gasteiger partial charge in [0.1, 0.15) is 22.0 Å². The minimum absolute atomic E-state index is 0. The lowest BCUT2D eigenvalue weighted by molar-refractivity contribution is -0.135. The average molecular weight is 597 g/mol. The van der Waals surface area contributed by atoms with Crippen LogP contribution >= 0.6 is 11.8 Å². The minimum Gasteiger partial charge on any atom is -0.412 e. The smallest absolute Gasteiger partial charge is 0.412 e. The molecular formula is C21H20N6O9S3. The first kappa shape index (κ1) is 31.1. The largest absolute Gasteiger partial charge is 0.433 e. The molecule has 0 bridgehead atoms. The third-order valence-corrected chi connectivity index (χ3v) is 6.13. The van der Waals surface area contributed by atoms with Gasteiger partial charge in [0.25, 0.3) is 10.1 Å². The molecule has 0 aliphatic heterocycles. The topological polar surface area (TPSA) is 260 Å². The Bertz CT molecular complexity index is 1680. The fourth-order valence-corrected chi connectivity index (χ4v) is 3.97. The Morgan fingerprint density at radius 3 is 2.00 bits per heavy atom. The van der Waals surface area contributed by atoms with Gasteiger partial charge in [-0.3, -0.25) is 14.0 Å². The van der Waals surface area contributed by atoms with Gasteiger partial charge in [-0.1, -0.05) is 17.7 Å². The van der Waals surface area contributed by atoms with Gasteiger partial charge in [-0.05, 0) is 65.5 Å². The van der Waals surface area contributed by atoms with Gasteiger partial charge in [-0.25, -0.2) is 0 Å². The van der Waals surface area contributed by atoms with Crippen LogP contribution in [0.15, 0.2) is 84.8 Å². The van der Waals surface area contributed by atoms with E-state index in [1.54, 1.807) is 18.2 Å². The Kier molecular flexibility index (Phi) is 10.5. The lowest BCUT2D eigenvalue weighted by Gasteiger charge is -2.06. The van der Waals surface area contributed by atoms with Crippen molar-refractivity contribution >= 4 is 66.4 Å². The summed E-state index contributed by atoms with van der Waals surface area (Å²) in [6.07, 6.45) is 1.81. The Morgan fingerprint density at radius 2 is 1.41 bits per heavy atom. The molecule has 3 aromatic rings. The number of azo groups is 2. The quantitative estimate of drug-likeness (QED) is 0.0545. The van der Waals surface area contributed by atoms with Gasteiger partial charge < -0.3 is 16.9 Å². The van der Waals surface area contributed by atoms with Gasteiger partial charge in [-0.2, -0.15) is 21.9 Å². The zero-order chi connectivity index (χ0) is 27.9. The molecule has 0 spiro atoms. The lowest BCUT2D eigenvalue weighted by Crippen LogP contribution is -2.01. The number of nitrogens with two attached hydrogens (primary N) is 2. The fraction of sp³-hybridized carbons (Fsp3) is 0.0476. The molecule has 15 nitrogen and oxygen atoms in total. The highest BCUT2D eigenvalue weighted by Crippen LogP contribution is 2.36. The van der Waals surface area contributed by atoms with E-state index in [-0.39, 0.29) is 38.8 Å². The molecule has 0 amide bonds. The molecule has 0 saturated carbocycles. The predicted octanol–water partition coefficient (Wildman–Crippen LogP) is 4.17. The number of thioether (sulfide) groups is 1. The first-order chi connectivity index (χ1) is 17.8. The molecule has 0 unspecified atom stereocenters. The summed E-state index contributed by atoms with van der Waals surface area (Å²) in [6.45, 7) is 1.94. The molecule has 0 fully saturated rings. The van der Waals surface area contributed by atoms with Crippen LogP contribution in [0.2, 0.25) is 0 Å². The third kappa shape index (κ3) is 9.62. The molecule has 0 radical (unpaired) electrons. The van der Waals surface area contributed by atoms with Gasteiger partial charge in [0.15, 0.2) is 6.11 Å². The Morgan fingerprint density at radius 1 is 0.821 bits per heavy atom. The van der Waals surface area contributed by atoms with Crippen molar-refractivity contribution < 1.29 is 40.6 Å². The van der Waals surface area contributed by atoms with E-state index in [4.69, 9.17) is 16.0 Å². The highest BCUT2D eigenvalue weighted by Gasteiger charge is 2.17. The number of hydrogen-bond donors (Lipinski definition) is 4. The molecule has 8 N–H and O–H groups in total. The van der Waals surface area contributed by atoms with Gasteiger partial charge in [0.2, 0.25) is 0 Å². The van der Waals surface area contributed by atoms with Gasteiger partial charge in [0, 0.05) is 10.1 Å². The lowest BCUT2D eigenvalue weighted by atomic mass is 10.2. The van der Waals surface area contributed by atoms with Gasteiger partial charge in [-0.15, -0.1) is 15.3 Å². The van der Waals surface area contributed by atoms with Crippen LogP contribution in [0.1, 0.15) is 5.56 Å². The Labute approximate surface area is 226 Å². The van der Waals surface area contributed by atoms with Crippen LogP contribution in [0.4, 0.5) is 34.1 Å². The van der Waals surface area contributed by atoms with Crippen LogP contribution in [-0.4, -0.2) is 31.4 Å².